The van der Waals surface area contributed by atoms with Gasteiger partial charge >= 0.3 is 0 Å². The van der Waals surface area contributed by atoms with Crippen molar-refractivity contribution in [2.24, 2.45) is 0 Å². The van der Waals surface area contributed by atoms with E-state index in [9.17, 15) is 17.2 Å². The van der Waals surface area contributed by atoms with Crippen LogP contribution < -0.4 is 4.72 Å². The molecule has 6 nitrogen and oxygen atoms in total. The Kier molecular flexibility index (Phi) is 4.13. The zero-order valence-corrected chi connectivity index (χ0v) is 14.8. The molecule has 0 amide bonds. The SMILES string of the molecule is N#Cc1cc(F)c(NS(=O)(=O)c2c[nH]c(-c3cccc4ccoc34)c2)cc1F. The number of halogens is 2. The molecule has 0 aliphatic heterocycles. The van der Waals surface area contributed by atoms with Crippen LogP contribution in [0.3, 0.4) is 0 Å². The smallest absolute Gasteiger partial charge is 0.263 e. The number of furan rings is 1. The van der Waals surface area contributed by atoms with E-state index in [0.717, 1.165) is 5.39 Å². The van der Waals surface area contributed by atoms with Crippen molar-refractivity contribution >= 4 is 26.7 Å². The first-order chi connectivity index (χ1) is 13.4. The number of hydrogen-bond acceptors (Lipinski definition) is 4. The molecular weight excluding hydrogens is 388 g/mol. The molecule has 2 heterocycles. The van der Waals surface area contributed by atoms with Crippen LogP contribution in [-0.4, -0.2) is 13.4 Å². The van der Waals surface area contributed by atoms with Crippen molar-refractivity contribution in [3.8, 4) is 17.3 Å². The first-order valence-corrected chi connectivity index (χ1v) is 9.44. The molecule has 4 rings (SSSR count). The molecule has 2 aromatic carbocycles. The Hall–Kier alpha value is -3.64. The number of H-pyrrole nitrogens is 1. The summed E-state index contributed by atoms with van der Waals surface area (Å²) in [6.07, 6.45) is 2.76. The van der Waals surface area contributed by atoms with Crippen LogP contribution in [0.1, 0.15) is 5.56 Å². The van der Waals surface area contributed by atoms with Gasteiger partial charge in [0.1, 0.15) is 28.2 Å². The average molecular weight is 399 g/mol. The number of para-hydroxylation sites is 1. The van der Waals surface area contributed by atoms with Crippen molar-refractivity contribution in [2.75, 3.05) is 4.72 Å². The molecule has 28 heavy (non-hydrogen) atoms. The number of nitrogens with zero attached hydrogens (tertiary/aromatic N) is 1. The van der Waals surface area contributed by atoms with Gasteiger partial charge in [-0.25, -0.2) is 17.2 Å². The van der Waals surface area contributed by atoms with Gasteiger partial charge in [-0.1, -0.05) is 12.1 Å². The molecule has 2 N–H and O–H groups in total. The van der Waals surface area contributed by atoms with Gasteiger partial charge in [0.2, 0.25) is 0 Å². The summed E-state index contributed by atoms with van der Waals surface area (Å²) in [5.74, 6) is -2.08. The Morgan fingerprint density at radius 2 is 1.93 bits per heavy atom. The van der Waals surface area contributed by atoms with Crippen molar-refractivity contribution in [2.45, 2.75) is 4.90 Å². The molecule has 0 unspecified atom stereocenters. The second kappa shape index (κ2) is 6.51. The summed E-state index contributed by atoms with van der Waals surface area (Å²) in [7, 11) is -4.20. The van der Waals surface area contributed by atoms with E-state index < -0.39 is 32.9 Å². The summed E-state index contributed by atoms with van der Waals surface area (Å²) in [6, 6.07) is 11.3. The zero-order valence-electron chi connectivity index (χ0n) is 14.0. The predicted molar refractivity (Wildman–Crippen MR) is 97.9 cm³/mol. The maximum absolute atomic E-state index is 14.0. The van der Waals surface area contributed by atoms with E-state index in [0.29, 0.717) is 29.0 Å². The van der Waals surface area contributed by atoms with Crippen LogP contribution in [0.2, 0.25) is 0 Å². The molecule has 0 saturated carbocycles. The third-order valence-electron chi connectivity index (χ3n) is 4.16. The molecule has 0 saturated heterocycles. The first-order valence-electron chi connectivity index (χ1n) is 7.96. The topological polar surface area (TPSA) is 98.9 Å². The van der Waals surface area contributed by atoms with Crippen LogP contribution in [0.15, 0.2) is 64.2 Å². The van der Waals surface area contributed by atoms with Gasteiger partial charge in [-0.3, -0.25) is 4.72 Å². The van der Waals surface area contributed by atoms with Crippen molar-refractivity contribution in [1.29, 1.82) is 5.26 Å². The minimum atomic E-state index is -4.20. The van der Waals surface area contributed by atoms with E-state index in [1.54, 1.807) is 18.2 Å². The highest BCUT2D eigenvalue weighted by molar-refractivity contribution is 7.92. The molecule has 140 valence electrons. The maximum Gasteiger partial charge on any atom is 0.263 e. The van der Waals surface area contributed by atoms with Gasteiger partial charge in [-0.05, 0) is 24.3 Å². The molecule has 4 aromatic rings. The predicted octanol–water partition coefficient (Wildman–Crippen LogP) is 4.38. The maximum atomic E-state index is 14.0. The summed E-state index contributed by atoms with van der Waals surface area (Å²) >= 11 is 0. The number of nitrogens with one attached hydrogen (secondary N) is 2. The zero-order chi connectivity index (χ0) is 19.9. The third-order valence-corrected chi connectivity index (χ3v) is 5.50. The average Bonchev–Trinajstić information content (AvgIpc) is 3.33. The fourth-order valence-electron chi connectivity index (χ4n) is 2.80. The Morgan fingerprint density at radius 3 is 2.71 bits per heavy atom. The molecule has 0 radical (unpaired) electrons. The number of anilines is 1. The Bertz CT molecular complexity index is 1350. The minimum absolute atomic E-state index is 0.171. The van der Waals surface area contributed by atoms with Crippen molar-refractivity contribution < 1.29 is 21.6 Å². The number of fused-ring (bicyclic) bond motifs is 1. The summed E-state index contributed by atoms with van der Waals surface area (Å²) in [6.45, 7) is 0. The van der Waals surface area contributed by atoms with E-state index in [-0.39, 0.29) is 4.90 Å². The summed E-state index contributed by atoms with van der Waals surface area (Å²) in [5.41, 5.74) is 0.608. The number of nitriles is 1. The monoisotopic (exact) mass is 399 g/mol. The van der Waals surface area contributed by atoms with E-state index in [1.165, 1.54) is 24.6 Å². The number of benzene rings is 2. The number of sulfonamides is 1. The van der Waals surface area contributed by atoms with Gasteiger partial charge in [0.05, 0.1) is 23.2 Å². The minimum Gasteiger partial charge on any atom is -0.464 e. The van der Waals surface area contributed by atoms with Crippen LogP contribution >= 0.6 is 0 Å². The Balaban J connectivity index is 1.70. The van der Waals surface area contributed by atoms with E-state index in [4.69, 9.17) is 9.68 Å². The number of rotatable bonds is 4. The lowest BCUT2D eigenvalue weighted by molar-refractivity contribution is 0.593. The van der Waals surface area contributed by atoms with E-state index in [1.807, 2.05) is 10.8 Å². The van der Waals surface area contributed by atoms with Gasteiger partial charge in [0, 0.05) is 23.2 Å². The quantitative estimate of drug-likeness (QED) is 0.532. The summed E-state index contributed by atoms with van der Waals surface area (Å²) < 4.78 is 60.3. The highest BCUT2D eigenvalue weighted by Gasteiger charge is 2.21. The molecule has 0 atom stereocenters. The summed E-state index contributed by atoms with van der Waals surface area (Å²) in [4.78, 5) is 2.68. The van der Waals surface area contributed by atoms with Crippen LogP contribution in [-0.2, 0) is 10.0 Å². The molecule has 0 bridgehead atoms. The lowest BCUT2D eigenvalue weighted by Gasteiger charge is -2.08. The van der Waals surface area contributed by atoms with Crippen LogP contribution in [0.5, 0.6) is 0 Å². The highest BCUT2D eigenvalue weighted by atomic mass is 32.2. The Morgan fingerprint density at radius 1 is 1.11 bits per heavy atom. The van der Waals surface area contributed by atoms with Gasteiger partial charge in [0.15, 0.2) is 0 Å². The number of aromatic nitrogens is 1. The highest BCUT2D eigenvalue weighted by Crippen LogP contribution is 2.30. The molecule has 0 spiro atoms. The normalized spacial score (nSPS) is 11.5. The fourth-order valence-corrected chi connectivity index (χ4v) is 3.86. The number of hydrogen-bond donors (Lipinski definition) is 2. The number of aromatic amines is 1. The molecule has 2 aromatic heterocycles. The van der Waals surface area contributed by atoms with Gasteiger partial charge < -0.3 is 9.40 Å². The molecule has 0 fully saturated rings. The van der Waals surface area contributed by atoms with E-state index >= 15 is 0 Å². The van der Waals surface area contributed by atoms with Gasteiger partial charge in [-0.15, -0.1) is 0 Å². The van der Waals surface area contributed by atoms with Crippen molar-refractivity contribution in [1.82, 2.24) is 4.98 Å². The lowest BCUT2D eigenvalue weighted by Crippen LogP contribution is -2.13. The van der Waals surface area contributed by atoms with Crippen molar-refractivity contribution in [3.63, 3.8) is 0 Å². The standard InChI is InChI=1S/C19H11F2N3O3S/c20-15-8-18(16(21)6-12(15)9-22)24-28(25,26)13-7-17(23-10-13)14-3-1-2-11-4-5-27-19(11)14/h1-8,10,23-24H. The fraction of sp³-hybridized carbons (Fsp3) is 0. The van der Waals surface area contributed by atoms with Gasteiger partial charge in [0.25, 0.3) is 10.0 Å². The Labute approximate surface area is 158 Å². The molecule has 0 aliphatic carbocycles. The summed E-state index contributed by atoms with van der Waals surface area (Å²) in [5, 5.41) is 9.56. The third kappa shape index (κ3) is 3.00. The molecule has 0 aliphatic rings. The van der Waals surface area contributed by atoms with E-state index in [2.05, 4.69) is 4.98 Å². The second-order valence-electron chi connectivity index (χ2n) is 5.92. The van der Waals surface area contributed by atoms with Crippen LogP contribution in [0, 0.1) is 23.0 Å². The largest absolute Gasteiger partial charge is 0.464 e. The van der Waals surface area contributed by atoms with Crippen molar-refractivity contribution in [3.05, 3.63) is 72.1 Å². The second-order valence-corrected chi connectivity index (χ2v) is 7.61. The van der Waals surface area contributed by atoms with Gasteiger partial charge in [-0.2, -0.15) is 5.26 Å². The molecule has 9 heteroatoms. The molecular formula is C19H11F2N3O3S. The first kappa shape index (κ1) is 17.8. The van der Waals surface area contributed by atoms with Crippen LogP contribution in [0.25, 0.3) is 22.2 Å². The lowest BCUT2D eigenvalue weighted by atomic mass is 10.1. The van der Waals surface area contributed by atoms with Crippen LogP contribution in [0.4, 0.5) is 14.5 Å².